The predicted octanol–water partition coefficient (Wildman–Crippen LogP) is -2.60. The van der Waals surface area contributed by atoms with Crippen LogP contribution in [0.2, 0.25) is 0 Å². The minimum Gasteiger partial charge on any atom is -1.00 e. The Morgan fingerprint density at radius 3 is 2.94 bits per heavy atom. The summed E-state index contributed by atoms with van der Waals surface area (Å²) in [5, 5.41) is 0. The number of aromatic nitrogens is 2. The fraction of sp³-hybridized carbons (Fsp3) is 0.636. The maximum Gasteiger partial charge on any atom is 0.416 e. The van der Waals surface area contributed by atoms with Gasteiger partial charge in [-0.05, 0) is 6.42 Å². The van der Waals surface area contributed by atoms with Gasteiger partial charge in [-0.3, -0.25) is 4.90 Å². The van der Waals surface area contributed by atoms with Gasteiger partial charge in [0.05, 0.1) is 26.3 Å². The van der Waals surface area contributed by atoms with Gasteiger partial charge in [0.1, 0.15) is 12.4 Å². The molecule has 1 unspecified atom stereocenters. The molecule has 17 heavy (non-hydrogen) atoms. The number of carbonyl (C=O) groups excluding carboxylic acids is 1. The highest BCUT2D eigenvalue weighted by molar-refractivity contribution is 5.76. The molecule has 2 heterocycles. The van der Waals surface area contributed by atoms with Gasteiger partial charge in [0, 0.05) is 6.54 Å². The number of aryl methyl sites for hydroxylation is 1. The molecule has 0 aromatic carbocycles. The maximum atomic E-state index is 12.2. The van der Waals surface area contributed by atoms with E-state index in [0.29, 0.717) is 19.8 Å². The van der Waals surface area contributed by atoms with Crippen LogP contribution in [0.25, 0.3) is 0 Å². The molecule has 1 fully saturated rings. The van der Waals surface area contributed by atoms with E-state index in [1.165, 1.54) is 0 Å². The van der Waals surface area contributed by atoms with Crippen molar-refractivity contribution in [2.45, 2.75) is 19.4 Å². The first-order valence-electron chi connectivity index (χ1n) is 5.64. The van der Waals surface area contributed by atoms with Crippen molar-refractivity contribution in [2.75, 3.05) is 19.8 Å². The van der Waals surface area contributed by atoms with Crippen molar-refractivity contribution in [1.82, 2.24) is 9.47 Å². The molecule has 0 aliphatic carbocycles. The van der Waals surface area contributed by atoms with Gasteiger partial charge in [0.2, 0.25) is 0 Å². The molecule has 0 saturated carbocycles. The van der Waals surface area contributed by atoms with Crippen molar-refractivity contribution in [1.29, 1.82) is 0 Å². The van der Waals surface area contributed by atoms with Crippen molar-refractivity contribution in [3.63, 3.8) is 0 Å². The summed E-state index contributed by atoms with van der Waals surface area (Å²) in [4.78, 5) is 14.1. The zero-order chi connectivity index (χ0) is 11.5. The Hall–Kier alpha value is -0.630. The number of morpholine rings is 1. The number of imidazole rings is 1. The molecular formula is C11H18IN3O2. The van der Waals surface area contributed by atoms with Gasteiger partial charge in [-0.2, -0.15) is 4.57 Å². The van der Waals surface area contributed by atoms with Crippen LogP contribution in [-0.2, 0) is 11.8 Å². The summed E-state index contributed by atoms with van der Waals surface area (Å²) in [6.45, 7) is 4.04. The molecule has 1 aliphatic heterocycles. The Bertz CT molecular complexity index is 381. The van der Waals surface area contributed by atoms with Crippen LogP contribution in [0, 0.1) is 0 Å². The van der Waals surface area contributed by atoms with Gasteiger partial charge < -0.3 is 28.7 Å². The largest absolute Gasteiger partial charge is 1.00 e. The van der Waals surface area contributed by atoms with E-state index in [4.69, 9.17) is 4.74 Å². The highest BCUT2D eigenvalue weighted by Gasteiger charge is 2.29. The van der Waals surface area contributed by atoms with Gasteiger partial charge in [-0.15, -0.1) is 0 Å². The van der Waals surface area contributed by atoms with E-state index in [-0.39, 0.29) is 36.0 Å². The Balaban J connectivity index is 0.00000144. The monoisotopic (exact) mass is 351 g/mol. The second kappa shape index (κ2) is 6.34. The van der Waals surface area contributed by atoms with Gasteiger partial charge in [0.25, 0.3) is 6.33 Å². The molecule has 2 rings (SSSR count). The van der Waals surface area contributed by atoms with E-state index in [2.05, 4.69) is 6.92 Å². The second-order valence-corrected chi connectivity index (χ2v) is 4.10. The van der Waals surface area contributed by atoms with Gasteiger partial charge >= 0.3 is 6.03 Å². The van der Waals surface area contributed by atoms with Crippen molar-refractivity contribution >= 4 is 6.03 Å². The third-order valence-electron chi connectivity index (χ3n) is 2.93. The highest BCUT2D eigenvalue weighted by atomic mass is 127. The summed E-state index contributed by atoms with van der Waals surface area (Å²) in [6.07, 6.45) is 6.35. The van der Waals surface area contributed by atoms with Crippen LogP contribution in [0.3, 0.4) is 0 Å². The lowest BCUT2D eigenvalue weighted by Gasteiger charge is -2.33. The SMILES string of the molecule is CCC1COCCN1C(=O)n1cc[n+](C)c1.[I-]. The van der Waals surface area contributed by atoms with Crippen LogP contribution in [-0.4, -0.2) is 41.3 Å². The molecule has 1 aliphatic rings. The van der Waals surface area contributed by atoms with Crippen LogP contribution in [0.1, 0.15) is 13.3 Å². The molecule has 96 valence electrons. The van der Waals surface area contributed by atoms with Gasteiger partial charge in [0.15, 0.2) is 0 Å². The van der Waals surface area contributed by atoms with Crippen LogP contribution in [0.5, 0.6) is 0 Å². The number of amides is 1. The van der Waals surface area contributed by atoms with Crippen LogP contribution >= 0.6 is 0 Å². The molecular weight excluding hydrogens is 333 g/mol. The lowest BCUT2D eigenvalue weighted by molar-refractivity contribution is -0.670. The van der Waals surface area contributed by atoms with Crippen molar-refractivity contribution in [2.24, 2.45) is 7.05 Å². The van der Waals surface area contributed by atoms with Crippen LogP contribution in [0.4, 0.5) is 4.79 Å². The van der Waals surface area contributed by atoms with E-state index >= 15 is 0 Å². The Labute approximate surface area is 118 Å². The number of nitrogens with zero attached hydrogens (tertiary/aromatic N) is 3. The van der Waals surface area contributed by atoms with Gasteiger partial charge in [-0.25, -0.2) is 9.36 Å². The molecule has 1 atom stereocenters. The summed E-state index contributed by atoms with van der Waals surface area (Å²) < 4.78 is 8.87. The number of hydrogen-bond acceptors (Lipinski definition) is 2. The first kappa shape index (κ1) is 14.4. The molecule has 0 spiro atoms. The average molecular weight is 351 g/mol. The Morgan fingerprint density at radius 1 is 1.59 bits per heavy atom. The van der Waals surface area contributed by atoms with E-state index in [0.717, 1.165) is 6.42 Å². The van der Waals surface area contributed by atoms with E-state index in [9.17, 15) is 4.79 Å². The standard InChI is InChI=1S/C11H18N3O2.HI/c1-3-10-8-16-7-6-14(10)11(15)13-5-4-12(2)9-13;/h4-5,9-10H,3,6-8H2,1-2H3;1H/q+1;/p-1. The first-order valence-corrected chi connectivity index (χ1v) is 5.64. The summed E-state index contributed by atoms with van der Waals surface area (Å²) in [5.41, 5.74) is 0. The van der Waals surface area contributed by atoms with Crippen molar-refractivity contribution in [3.05, 3.63) is 18.7 Å². The fourth-order valence-corrected chi connectivity index (χ4v) is 1.96. The maximum absolute atomic E-state index is 12.2. The number of rotatable bonds is 1. The average Bonchev–Trinajstić information content (AvgIpc) is 2.75. The molecule has 1 aromatic rings. The normalized spacial score (nSPS) is 19.9. The number of halogens is 1. The molecule has 0 radical (unpaired) electrons. The summed E-state index contributed by atoms with van der Waals surface area (Å²) in [6, 6.07) is 0.240. The molecule has 1 saturated heterocycles. The smallest absolute Gasteiger partial charge is 0.416 e. The third-order valence-corrected chi connectivity index (χ3v) is 2.93. The lowest BCUT2D eigenvalue weighted by atomic mass is 10.2. The summed E-state index contributed by atoms with van der Waals surface area (Å²) >= 11 is 0. The fourth-order valence-electron chi connectivity index (χ4n) is 1.96. The molecule has 6 heteroatoms. The van der Waals surface area contributed by atoms with E-state index in [1.54, 1.807) is 17.1 Å². The highest BCUT2D eigenvalue weighted by Crippen LogP contribution is 2.11. The molecule has 5 nitrogen and oxygen atoms in total. The van der Waals surface area contributed by atoms with E-state index in [1.807, 2.05) is 22.7 Å². The molecule has 0 N–H and O–H groups in total. The number of ether oxygens (including phenoxy) is 1. The number of hydrogen-bond donors (Lipinski definition) is 0. The summed E-state index contributed by atoms with van der Waals surface area (Å²) in [7, 11) is 1.90. The molecule has 1 aromatic heterocycles. The second-order valence-electron chi connectivity index (χ2n) is 4.10. The van der Waals surface area contributed by atoms with E-state index < -0.39 is 0 Å². The zero-order valence-electron chi connectivity index (χ0n) is 10.2. The third kappa shape index (κ3) is 3.19. The number of carbonyl (C=O) groups is 1. The minimum atomic E-state index is 0. The predicted molar refractivity (Wildman–Crippen MR) is 58.0 cm³/mol. The summed E-state index contributed by atoms with van der Waals surface area (Å²) in [5.74, 6) is 0. The first-order chi connectivity index (χ1) is 7.72. The quantitative estimate of drug-likeness (QED) is 0.411. The van der Waals surface area contributed by atoms with Crippen molar-refractivity contribution in [3.8, 4) is 0 Å². The Morgan fingerprint density at radius 2 is 2.35 bits per heavy atom. The zero-order valence-corrected chi connectivity index (χ0v) is 12.3. The van der Waals surface area contributed by atoms with Gasteiger partial charge in [-0.1, -0.05) is 6.92 Å². The molecule has 1 amide bonds. The lowest BCUT2D eigenvalue weighted by Crippen LogP contribution is -3.00. The van der Waals surface area contributed by atoms with Crippen molar-refractivity contribution < 1.29 is 38.1 Å². The van der Waals surface area contributed by atoms with Crippen LogP contribution in [0.15, 0.2) is 18.7 Å². The molecule has 0 bridgehead atoms. The van der Waals surface area contributed by atoms with Crippen LogP contribution < -0.4 is 28.5 Å². The topological polar surface area (TPSA) is 38.4 Å². The minimum absolute atomic E-state index is 0. The Kier molecular flexibility index (Phi) is 5.38.